The Kier molecular flexibility index (Phi) is 9.12. The summed E-state index contributed by atoms with van der Waals surface area (Å²) in [4.78, 5) is 18.1. The van der Waals surface area contributed by atoms with E-state index in [2.05, 4.69) is 47.4 Å². The van der Waals surface area contributed by atoms with Gasteiger partial charge in [-0.25, -0.2) is 0 Å². The van der Waals surface area contributed by atoms with Crippen molar-refractivity contribution in [2.24, 2.45) is 10.7 Å². The molecular weight excluding hydrogens is 364 g/mol. The quantitative estimate of drug-likeness (QED) is 0.684. The molecule has 0 fully saturated rings. The Balaban J connectivity index is 0.000000615. The molecule has 0 spiro atoms. The highest BCUT2D eigenvalue weighted by Crippen LogP contribution is 2.36. The number of carbonyl (C=O) groups is 1. The van der Waals surface area contributed by atoms with Gasteiger partial charge in [-0.1, -0.05) is 56.4 Å². The van der Waals surface area contributed by atoms with Gasteiger partial charge in [0.05, 0.1) is 11.2 Å². The lowest BCUT2D eigenvalue weighted by molar-refractivity contribution is -0.117. The molecule has 0 bridgehead atoms. The molecule has 5 nitrogen and oxygen atoms in total. The number of amides is 1. The second kappa shape index (κ2) is 10.8. The molecule has 0 aliphatic carbocycles. The van der Waals surface area contributed by atoms with Gasteiger partial charge in [0.25, 0.3) is 5.91 Å². The average Bonchev–Trinajstić information content (AvgIpc) is 2.85. The van der Waals surface area contributed by atoms with Crippen molar-refractivity contribution in [2.75, 3.05) is 12.4 Å². The molecule has 3 rings (SSSR count). The number of nitrogens with zero attached hydrogens (tertiary/aromatic N) is 1. The summed E-state index contributed by atoms with van der Waals surface area (Å²) in [7, 11) is 1.74. The summed E-state index contributed by atoms with van der Waals surface area (Å²) in [6.07, 6.45) is -0.570. The largest absolute Gasteiger partial charge is 0.396 e. The monoisotopic (exact) mass is 390 g/mol. The normalized spacial score (nSPS) is 15.0. The summed E-state index contributed by atoms with van der Waals surface area (Å²) in [5.41, 5.74) is 9.72. The molecular formula is C19H26N4OS2. The maximum atomic E-state index is 12.2. The molecule has 7 heteroatoms. The van der Waals surface area contributed by atoms with E-state index in [0.717, 1.165) is 27.3 Å². The van der Waals surface area contributed by atoms with Crippen LogP contribution < -0.4 is 16.4 Å². The van der Waals surface area contributed by atoms with Gasteiger partial charge in [-0.3, -0.25) is 15.1 Å². The first-order chi connectivity index (χ1) is 12.5. The molecule has 26 heavy (non-hydrogen) atoms. The number of nitrogens with two attached hydrogens (primary N) is 1. The topological polar surface area (TPSA) is 79.5 Å². The first kappa shape index (κ1) is 22.0. The molecule has 0 saturated heterocycles. The predicted octanol–water partition coefficient (Wildman–Crippen LogP) is 3.63. The number of aliphatic imine (C=N–C) groups is 1. The fourth-order valence-electron chi connectivity index (χ4n) is 2.44. The number of rotatable bonds is 2. The second-order valence-electron chi connectivity index (χ2n) is 5.15. The van der Waals surface area contributed by atoms with Crippen LogP contribution in [-0.4, -0.2) is 30.3 Å². The number of benzene rings is 1. The molecule has 4 N–H and O–H groups in total. The van der Waals surface area contributed by atoms with Gasteiger partial charge in [-0.05, 0) is 26.5 Å². The molecule has 2 aromatic rings. The summed E-state index contributed by atoms with van der Waals surface area (Å²) in [5, 5.41) is 6.83. The van der Waals surface area contributed by atoms with Crippen molar-refractivity contribution in [3.8, 4) is 0 Å². The zero-order valence-corrected chi connectivity index (χ0v) is 17.4. The number of fused-ring (bicyclic) bond motifs is 1. The van der Waals surface area contributed by atoms with Gasteiger partial charge in [-0.15, -0.1) is 11.3 Å². The Morgan fingerprint density at radius 2 is 1.85 bits per heavy atom. The van der Waals surface area contributed by atoms with Crippen LogP contribution in [0.25, 0.3) is 0 Å². The minimum absolute atomic E-state index is 0.120. The van der Waals surface area contributed by atoms with E-state index in [1.54, 1.807) is 18.4 Å². The van der Waals surface area contributed by atoms with Crippen molar-refractivity contribution >= 4 is 45.7 Å². The SMILES string of the molecule is CC.CNC1N=C(c2ccccc2)c2c(sc(C)c2C)NC1=O.NC=S. The number of aryl methyl sites for hydroxylation is 1. The first-order valence-electron chi connectivity index (χ1n) is 8.40. The van der Waals surface area contributed by atoms with E-state index in [1.165, 1.54) is 10.4 Å². The van der Waals surface area contributed by atoms with E-state index in [4.69, 9.17) is 0 Å². The predicted molar refractivity (Wildman–Crippen MR) is 117 cm³/mol. The van der Waals surface area contributed by atoms with E-state index >= 15 is 0 Å². The van der Waals surface area contributed by atoms with Crippen LogP contribution in [0.2, 0.25) is 0 Å². The summed E-state index contributed by atoms with van der Waals surface area (Å²) < 4.78 is 0. The molecule has 0 saturated carbocycles. The standard InChI is InChI=1S/C16H17N3OS.C2H6.CH3NS/c1-9-10(2)21-16-12(9)13(11-7-5-4-6-8-11)18-14(17-3)15(20)19-16;1-2;2-1-3/h4-8,14,17H,1-3H3,(H,19,20);1-2H3;1H,(H2,2,3). The minimum Gasteiger partial charge on any atom is -0.396 e. The zero-order valence-electron chi connectivity index (χ0n) is 15.8. The lowest BCUT2D eigenvalue weighted by Crippen LogP contribution is -2.36. The Labute approximate surface area is 164 Å². The van der Waals surface area contributed by atoms with Crippen molar-refractivity contribution in [3.63, 3.8) is 0 Å². The molecule has 1 aliphatic heterocycles. The van der Waals surface area contributed by atoms with E-state index in [1.807, 2.05) is 44.2 Å². The molecule has 1 amide bonds. The number of thiocarbonyl (C=S) groups is 1. The highest BCUT2D eigenvalue weighted by molar-refractivity contribution is 7.78. The van der Waals surface area contributed by atoms with Crippen LogP contribution in [0.3, 0.4) is 0 Å². The zero-order chi connectivity index (χ0) is 19.7. The molecule has 1 aromatic heterocycles. The van der Waals surface area contributed by atoms with E-state index in [-0.39, 0.29) is 5.91 Å². The molecule has 140 valence electrons. The van der Waals surface area contributed by atoms with Crippen molar-refractivity contribution in [1.82, 2.24) is 5.32 Å². The van der Waals surface area contributed by atoms with Crippen LogP contribution in [0.1, 0.15) is 35.4 Å². The third kappa shape index (κ3) is 4.97. The number of likely N-dealkylation sites (N-methyl/N-ethyl adjacent to an activating group) is 1. The van der Waals surface area contributed by atoms with Crippen LogP contribution >= 0.6 is 23.6 Å². The Morgan fingerprint density at radius 1 is 1.27 bits per heavy atom. The smallest absolute Gasteiger partial charge is 0.264 e. The van der Waals surface area contributed by atoms with E-state index in [0.29, 0.717) is 0 Å². The lowest BCUT2D eigenvalue weighted by Gasteiger charge is -2.10. The van der Waals surface area contributed by atoms with Crippen LogP contribution in [0, 0.1) is 13.8 Å². The Morgan fingerprint density at radius 3 is 2.38 bits per heavy atom. The second-order valence-corrected chi connectivity index (χ2v) is 6.64. The van der Waals surface area contributed by atoms with Gasteiger partial charge < -0.3 is 11.1 Å². The third-order valence-electron chi connectivity index (χ3n) is 3.69. The fraction of sp³-hybridized carbons (Fsp3) is 0.316. The minimum atomic E-state index is -0.570. The molecule has 1 aromatic carbocycles. The van der Waals surface area contributed by atoms with Crippen LogP contribution in [0.15, 0.2) is 35.3 Å². The summed E-state index contributed by atoms with van der Waals surface area (Å²) in [6.45, 7) is 8.15. The van der Waals surface area contributed by atoms with Crippen LogP contribution in [0.5, 0.6) is 0 Å². The van der Waals surface area contributed by atoms with Crippen LogP contribution in [0.4, 0.5) is 5.00 Å². The Hall–Kier alpha value is -2.09. The van der Waals surface area contributed by atoms with Gasteiger partial charge in [0.1, 0.15) is 5.00 Å². The average molecular weight is 391 g/mol. The summed E-state index contributed by atoms with van der Waals surface area (Å²) in [5.74, 6) is -0.120. The molecule has 2 heterocycles. The molecule has 1 atom stereocenters. The number of carbonyl (C=O) groups excluding carboxylic acids is 1. The number of thiophene rings is 1. The lowest BCUT2D eigenvalue weighted by atomic mass is 10.00. The van der Waals surface area contributed by atoms with Gasteiger partial charge in [0.2, 0.25) is 0 Å². The van der Waals surface area contributed by atoms with Gasteiger partial charge in [-0.2, -0.15) is 0 Å². The van der Waals surface area contributed by atoms with E-state index in [9.17, 15) is 4.79 Å². The number of anilines is 1. The first-order valence-corrected chi connectivity index (χ1v) is 9.69. The van der Waals surface area contributed by atoms with Crippen LogP contribution in [-0.2, 0) is 4.79 Å². The molecule has 0 radical (unpaired) electrons. The van der Waals surface area contributed by atoms with Crippen molar-refractivity contribution in [2.45, 2.75) is 33.9 Å². The summed E-state index contributed by atoms with van der Waals surface area (Å²) >= 11 is 5.65. The number of hydrogen-bond acceptors (Lipinski definition) is 5. The van der Waals surface area contributed by atoms with Crippen molar-refractivity contribution in [1.29, 1.82) is 0 Å². The number of nitrogens with one attached hydrogen (secondary N) is 2. The van der Waals surface area contributed by atoms with Gasteiger partial charge >= 0.3 is 0 Å². The highest BCUT2D eigenvalue weighted by atomic mass is 32.1. The van der Waals surface area contributed by atoms with Crippen molar-refractivity contribution < 1.29 is 4.79 Å². The number of hydrogen-bond donors (Lipinski definition) is 3. The third-order valence-corrected chi connectivity index (χ3v) is 4.81. The van der Waals surface area contributed by atoms with E-state index < -0.39 is 6.17 Å². The maximum absolute atomic E-state index is 12.2. The van der Waals surface area contributed by atoms with Gasteiger partial charge in [0.15, 0.2) is 6.17 Å². The van der Waals surface area contributed by atoms with Crippen molar-refractivity contribution in [3.05, 3.63) is 51.9 Å². The maximum Gasteiger partial charge on any atom is 0.264 e. The fourth-order valence-corrected chi connectivity index (χ4v) is 3.51. The molecule has 1 unspecified atom stereocenters. The summed E-state index contributed by atoms with van der Waals surface area (Å²) in [6, 6.07) is 10.0. The molecule has 1 aliphatic rings. The highest BCUT2D eigenvalue weighted by Gasteiger charge is 2.28. The Bertz CT molecular complexity index is 769. The van der Waals surface area contributed by atoms with Gasteiger partial charge in [0, 0.05) is 16.0 Å².